The number of rotatable bonds is 12. The molecule has 0 aliphatic heterocycles. The summed E-state index contributed by atoms with van der Waals surface area (Å²) in [5, 5.41) is 17.3. The number of phenols is 1. The van der Waals surface area contributed by atoms with Crippen molar-refractivity contribution in [3.8, 4) is 5.75 Å². The van der Waals surface area contributed by atoms with Crippen LogP contribution in [0.4, 0.5) is 10.5 Å². The highest BCUT2D eigenvalue weighted by Crippen LogP contribution is 2.28. The molecule has 3 aromatic rings. The summed E-state index contributed by atoms with van der Waals surface area (Å²) in [6.45, 7) is 7.19. The Morgan fingerprint density at radius 2 is 1.62 bits per heavy atom. The summed E-state index contributed by atoms with van der Waals surface area (Å²) in [6, 6.07) is 16.7. The van der Waals surface area contributed by atoms with Crippen molar-refractivity contribution in [2.45, 2.75) is 71.1 Å². The minimum atomic E-state index is -1.37. The number of nitrogens with one attached hydrogen (secondary N) is 2. The predicted molar refractivity (Wildman–Crippen MR) is 162 cm³/mol. The van der Waals surface area contributed by atoms with Gasteiger partial charge in [-0.15, -0.1) is 0 Å². The van der Waals surface area contributed by atoms with Gasteiger partial charge in [0.15, 0.2) is 0 Å². The summed E-state index contributed by atoms with van der Waals surface area (Å²) in [6.07, 6.45) is 0.818. The molecule has 0 aliphatic carbocycles. The SMILES string of the molecule is CCCCCN(C(=O)C(CC(N)=O)NC(=O)OC(C)(C)C)C(C(=O)Nc1ccc2ccccc2c1)c1ccc(O)cc1. The number of phenolic OH excluding ortho intramolecular Hbond substituents is 1. The summed E-state index contributed by atoms with van der Waals surface area (Å²) in [5.74, 6) is -1.98. The van der Waals surface area contributed by atoms with Gasteiger partial charge < -0.3 is 31.1 Å². The summed E-state index contributed by atoms with van der Waals surface area (Å²) in [7, 11) is 0. The van der Waals surface area contributed by atoms with E-state index in [1.54, 1.807) is 39.0 Å². The molecule has 0 aromatic heterocycles. The second-order valence-electron chi connectivity index (χ2n) is 11.2. The van der Waals surface area contributed by atoms with Gasteiger partial charge in [-0.25, -0.2) is 4.79 Å². The molecule has 2 atom stereocenters. The Balaban J connectivity index is 2.03. The number of alkyl carbamates (subject to hydrolysis) is 1. The van der Waals surface area contributed by atoms with Crippen LogP contribution in [-0.2, 0) is 19.1 Å². The van der Waals surface area contributed by atoms with Gasteiger partial charge in [-0.1, -0.05) is 62.2 Å². The summed E-state index contributed by atoms with van der Waals surface area (Å²) in [4.78, 5) is 54.1. The van der Waals surface area contributed by atoms with Crippen LogP contribution < -0.4 is 16.4 Å². The van der Waals surface area contributed by atoms with Crippen LogP contribution >= 0.6 is 0 Å². The second-order valence-corrected chi connectivity index (χ2v) is 11.2. The number of anilines is 1. The zero-order valence-electron chi connectivity index (χ0n) is 24.6. The summed E-state index contributed by atoms with van der Waals surface area (Å²) >= 11 is 0. The van der Waals surface area contributed by atoms with E-state index in [0.29, 0.717) is 17.7 Å². The molecule has 0 spiro atoms. The van der Waals surface area contributed by atoms with E-state index in [1.807, 2.05) is 43.3 Å². The molecule has 0 fully saturated rings. The van der Waals surface area contributed by atoms with Crippen molar-refractivity contribution in [3.05, 3.63) is 72.3 Å². The number of hydrogen-bond acceptors (Lipinski definition) is 6. The molecule has 0 saturated heterocycles. The molecular formula is C32H40N4O6. The third-order valence-corrected chi connectivity index (χ3v) is 6.47. The molecule has 0 aliphatic rings. The zero-order chi connectivity index (χ0) is 30.9. The lowest BCUT2D eigenvalue weighted by molar-refractivity contribution is -0.142. The molecule has 2 unspecified atom stereocenters. The van der Waals surface area contributed by atoms with Crippen LogP contribution in [0.3, 0.4) is 0 Å². The molecule has 10 nitrogen and oxygen atoms in total. The number of unbranched alkanes of at least 4 members (excludes halogenated alkanes) is 2. The van der Waals surface area contributed by atoms with Gasteiger partial charge in [0.25, 0.3) is 5.91 Å². The van der Waals surface area contributed by atoms with E-state index in [2.05, 4.69) is 10.6 Å². The number of nitrogens with zero attached hydrogens (tertiary/aromatic N) is 1. The fourth-order valence-corrected chi connectivity index (χ4v) is 4.56. The van der Waals surface area contributed by atoms with Gasteiger partial charge in [-0.3, -0.25) is 14.4 Å². The highest BCUT2D eigenvalue weighted by Gasteiger charge is 2.37. The number of carbonyl (C=O) groups is 4. The third-order valence-electron chi connectivity index (χ3n) is 6.47. The molecule has 3 rings (SSSR count). The van der Waals surface area contributed by atoms with Crippen molar-refractivity contribution in [1.29, 1.82) is 0 Å². The minimum Gasteiger partial charge on any atom is -0.508 e. The van der Waals surface area contributed by atoms with Crippen LogP contribution in [0, 0.1) is 0 Å². The Morgan fingerprint density at radius 1 is 0.952 bits per heavy atom. The number of benzene rings is 3. The van der Waals surface area contributed by atoms with Crippen molar-refractivity contribution in [3.63, 3.8) is 0 Å². The molecule has 3 aromatic carbocycles. The number of hydrogen-bond donors (Lipinski definition) is 4. The first-order valence-electron chi connectivity index (χ1n) is 14.0. The predicted octanol–water partition coefficient (Wildman–Crippen LogP) is 5.01. The topological polar surface area (TPSA) is 151 Å². The van der Waals surface area contributed by atoms with E-state index in [-0.39, 0.29) is 12.3 Å². The van der Waals surface area contributed by atoms with Gasteiger partial charge in [0.1, 0.15) is 23.4 Å². The van der Waals surface area contributed by atoms with Crippen molar-refractivity contribution < 1.29 is 29.0 Å². The lowest BCUT2D eigenvalue weighted by atomic mass is 10.0. The van der Waals surface area contributed by atoms with Gasteiger partial charge >= 0.3 is 6.09 Å². The number of primary amides is 1. The number of fused-ring (bicyclic) bond motifs is 1. The van der Waals surface area contributed by atoms with Gasteiger partial charge in [-0.2, -0.15) is 0 Å². The van der Waals surface area contributed by atoms with E-state index < -0.39 is 47.9 Å². The van der Waals surface area contributed by atoms with E-state index in [9.17, 15) is 24.3 Å². The Kier molecular flexibility index (Phi) is 10.9. The number of aromatic hydroxyl groups is 1. The van der Waals surface area contributed by atoms with Crippen molar-refractivity contribution in [1.82, 2.24) is 10.2 Å². The maximum Gasteiger partial charge on any atom is 0.408 e. The Bertz CT molecular complexity index is 1400. The molecule has 0 bridgehead atoms. The maximum atomic E-state index is 14.1. The smallest absolute Gasteiger partial charge is 0.408 e. The van der Waals surface area contributed by atoms with Crippen molar-refractivity contribution in [2.24, 2.45) is 5.73 Å². The van der Waals surface area contributed by atoms with Crippen molar-refractivity contribution >= 4 is 40.3 Å². The minimum absolute atomic E-state index is 0.00510. The Labute approximate surface area is 246 Å². The monoisotopic (exact) mass is 576 g/mol. The van der Waals surface area contributed by atoms with Gasteiger partial charge in [0.05, 0.1) is 6.42 Å². The van der Waals surface area contributed by atoms with Gasteiger partial charge in [0, 0.05) is 12.2 Å². The summed E-state index contributed by atoms with van der Waals surface area (Å²) < 4.78 is 5.32. The fourth-order valence-electron chi connectivity index (χ4n) is 4.56. The van der Waals surface area contributed by atoms with Crippen LogP contribution in [0.5, 0.6) is 5.75 Å². The molecule has 0 radical (unpaired) electrons. The highest BCUT2D eigenvalue weighted by molar-refractivity contribution is 6.01. The average molecular weight is 577 g/mol. The quantitative estimate of drug-likeness (QED) is 0.223. The van der Waals surface area contributed by atoms with E-state index in [0.717, 1.165) is 23.6 Å². The van der Waals surface area contributed by atoms with Crippen LogP contribution in [0.15, 0.2) is 66.7 Å². The van der Waals surface area contributed by atoms with Crippen LogP contribution in [-0.4, -0.2) is 52.0 Å². The van der Waals surface area contributed by atoms with Crippen LogP contribution in [0.1, 0.15) is 65.0 Å². The Hall–Kier alpha value is -4.60. The zero-order valence-corrected chi connectivity index (χ0v) is 24.6. The van der Waals surface area contributed by atoms with E-state index in [4.69, 9.17) is 10.5 Å². The normalized spacial score (nSPS) is 12.7. The van der Waals surface area contributed by atoms with Crippen LogP contribution in [0.25, 0.3) is 10.8 Å². The van der Waals surface area contributed by atoms with Gasteiger partial charge in [0.2, 0.25) is 11.8 Å². The molecule has 5 N–H and O–H groups in total. The Morgan fingerprint density at radius 3 is 2.24 bits per heavy atom. The first-order valence-corrected chi connectivity index (χ1v) is 14.0. The lowest BCUT2D eigenvalue weighted by Crippen LogP contribution is -2.53. The van der Waals surface area contributed by atoms with Crippen molar-refractivity contribution in [2.75, 3.05) is 11.9 Å². The number of nitrogens with two attached hydrogens (primary N) is 1. The third kappa shape index (κ3) is 9.22. The molecule has 0 saturated carbocycles. The fraction of sp³-hybridized carbons (Fsp3) is 0.375. The molecular weight excluding hydrogens is 536 g/mol. The molecule has 42 heavy (non-hydrogen) atoms. The standard InChI is InChI=1S/C32H40N4O6/c1-5-6-9-18-36(30(40)26(20-27(33)38)35-31(41)42-32(2,3)4)28(22-13-16-25(37)17-14-22)29(39)34-24-15-12-21-10-7-8-11-23(21)19-24/h7-8,10-17,19,26,28,37H,5-6,9,18,20H2,1-4H3,(H2,33,38)(H,34,39)(H,35,41). The number of amides is 4. The lowest BCUT2D eigenvalue weighted by Gasteiger charge is -2.34. The average Bonchev–Trinajstić information content (AvgIpc) is 2.91. The maximum absolute atomic E-state index is 14.1. The number of ether oxygens (including phenoxy) is 1. The largest absolute Gasteiger partial charge is 0.508 e. The first kappa shape index (κ1) is 31.9. The molecule has 0 heterocycles. The first-order chi connectivity index (χ1) is 19.9. The summed E-state index contributed by atoms with van der Waals surface area (Å²) in [5.41, 5.74) is 5.58. The molecule has 224 valence electrons. The highest BCUT2D eigenvalue weighted by atomic mass is 16.6. The molecule has 4 amide bonds. The van der Waals surface area contributed by atoms with Crippen LogP contribution in [0.2, 0.25) is 0 Å². The van der Waals surface area contributed by atoms with Gasteiger partial charge in [-0.05, 0) is 67.8 Å². The molecule has 10 heteroatoms. The second kappa shape index (κ2) is 14.3. The van der Waals surface area contributed by atoms with E-state index in [1.165, 1.54) is 17.0 Å². The van der Waals surface area contributed by atoms with E-state index >= 15 is 0 Å². The number of carbonyl (C=O) groups excluding carboxylic acids is 4.